The van der Waals surface area contributed by atoms with E-state index in [0.717, 1.165) is 24.8 Å². The Morgan fingerprint density at radius 3 is 2.88 bits per heavy atom. The van der Waals surface area contributed by atoms with E-state index in [0.29, 0.717) is 11.1 Å². The Labute approximate surface area is 142 Å². The Balaban J connectivity index is 1.63. The molecule has 1 N–H and O–H groups in total. The lowest BCUT2D eigenvalue weighted by Gasteiger charge is -2.24. The van der Waals surface area contributed by atoms with E-state index in [4.69, 9.17) is 0 Å². The third-order valence-corrected chi connectivity index (χ3v) is 5.51. The molecule has 0 spiro atoms. The topological polar surface area (TPSA) is 66.1 Å². The lowest BCUT2D eigenvalue weighted by atomic mass is 10.1. The summed E-state index contributed by atoms with van der Waals surface area (Å²) in [6, 6.07) is 11.6. The summed E-state index contributed by atoms with van der Waals surface area (Å²) >= 11 is 1.70. The van der Waals surface area contributed by atoms with Crippen LogP contribution in [-0.4, -0.2) is 27.5 Å². The van der Waals surface area contributed by atoms with Gasteiger partial charge in [0.2, 0.25) is 5.91 Å². The SMILES string of the molecule is O=C(Cc1n[nH]c(=O)c2ccccc12)N1CCC[C@H]1c1cccs1. The number of hydrogen-bond donors (Lipinski definition) is 1. The molecule has 1 aromatic carbocycles. The Kier molecular flexibility index (Phi) is 3.90. The summed E-state index contributed by atoms with van der Waals surface area (Å²) in [5.41, 5.74) is 0.409. The fourth-order valence-electron chi connectivity index (χ4n) is 3.39. The molecule has 1 amide bonds. The van der Waals surface area contributed by atoms with Crippen LogP contribution in [0, 0.1) is 0 Å². The largest absolute Gasteiger partial charge is 0.335 e. The minimum absolute atomic E-state index is 0.0654. The van der Waals surface area contributed by atoms with Gasteiger partial charge in [0.1, 0.15) is 0 Å². The minimum atomic E-state index is -0.223. The van der Waals surface area contributed by atoms with Gasteiger partial charge in [-0.05, 0) is 30.4 Å². The number of aromatic nitrogens is 2. The maximum atomic E-state index is 12.8. The van der Waals surface area contributed by atoms with Gasteiger partial charge in [-0.3, -0.25) is 9.59 Å². The van der Waals surface area contributed by atoms with Crippen molar-refractivity contribution in [3.8, 4) is 0 Å². The Bertz CT molecular complexity index is 933. The lowest BCUT2D eigenvalue weighted by Crippen LogP contribution is -2.32. The molecule has 3 aromatic rings. The van der Waals surface area contributed by atoms with E-state index in [-0.39, 0.29) is 23.9 Å². The Morgan fingerprint density at radius 1 is 1.25 bits per heavy atom. The number of benzene rings is 1. The monoisotopic (exact) mass is 339 g/mol. The standard InChI is InChI=1S/C18H17N3O2S/c22-17(21-9-3-7-15(21)16-8-4-10-24-16)11-14-12-5-1-2-6-13(12)18(23)20-19-14/h1-2,4-6,8,10,15H,3,7,9,11H2,(H,20,23)/t15-/m0/s1. The summed E-state index contributed by atoms with van der Waals surface area (Å²) in [6.07, 6.45) is 2.24. The molecule has 1 saturated heterocycles. The van der Waals surface area contributed by atoms with Crippen LogP contribution in [0.15, 0.2) is 46.6 Å². The second kappa shape index (κ2) is 6.20. The first-order chi connectivity index (χ1) is 11.7. The summed E-state index contributed by atoms with van der Waals surface area (Å²) in [5, 5.41) is 10.0. The number of likely N-dealkylation sites (tertiary alicyclic amines) is 1. The molecular formula is C18H17N3O2S. The molecule has 6 heteroatoms. The highest BCUT2D eigenvalue weighted by molar-refractivity contribution is 7.10. The fraction of sp³-hybridized carbons (Fsp3) is 0.278. The van der Waals surface area contributed by atoms with E-state index in [1.54, 1.807) is 17.4 Å². The molecule has 1 aliphatic heterocycles. The molecule has 0 saturated carbocycles. The summed E-state index contributed by atoms with van der Waals surface area (Å²) in [6.45, 7) is 0.780. The van der Waals surface area contributed by atoms with Gasteiger partial charge in [0.15, 0.2) is 0 Å². The highest BCUT2D eigenvalue weighted by Crippen LogP contribution is 2.34. The average molecular weight is 339 g/mol. The predicted octanol–water partition coefficient (Wildman–Crippen LogP) is 2.89. The van der Waals surface area contributed by atoms with Gasteiger partial charge in [-0.25, -0.2) is 5.10 Å². The van der Waals surface area contributed by atoms with E-state index in [1.807, 2.05) is 34.5 Å². The highest BCUT2D eigenvalue weighted by atomic mass is 32.1. The number of carbonyl (C=O) groups excluding carboxylic acids is 1. The van der Waals surface area contributed by atoms with Crippen LogP contribution in [0.5, 0.6) is 0 Å². The predicted molar refractivity (Wildman–Crippen MR) is 94.1 cm³/mol. The van der Waals surface area contributed by atoms with E-state index >= 15 is 0 Å². The summed E-state index contributed by atoms with van der Waals surface area (Å²) in [7, 11) is 0. The van der Waals surface area contributed by atoms with E-state index in [2.05, 4.69) is 16.3 Å². The molecule has 122 valence electrons. The van der Waals surface area contributed by atoms with Crippen molar-refractivity contribution >= 4 is 28.0 Å². The molecule has 3 heterocycles. The molecule has 0 unspecified atom stereocenters. The molecule has 1 aliphatic rings. The average Bonchev–Trinajstić information content (AvgIpc) is 3.28. The molecule has 0 aliphatic carbocycles. The zero-order valence-corrected chi connectivity index (χ0v) is 13.9. The molecule has 2 aromatic heterocycles. The van der Waals surface area contributed by atoms with Crippen molar-refractivity contribution in [2.24, 2.45) is 0 Å². The zero-order valence-electron chi connectivity index (χ0n) is 13.1. The van der Waals surface area contributed by atoms with E-state index in [1.165, 1.54) is 4.88 Å². The number of aromatic amines is 1. The minimum Gasteiger partial charge on any atom is -0.335 e. The van der Waals surface area contributed by atoms with Gasteiger partial charge < -0.3 is 4.90 Å². The van der Waals surface area contributed by atoms with Crippen molar-refractivity contribution < 1.29 is 4.79 Å². The Morgan fingerprint density at radius 2 is 2.08 bits per heavy atom. The highest BCUT2D eigenvalue weighted by Gasteiger charge is 2.30. The number of nitrogens with one attached hydrogen (secondary N) is 1. The van der Waals surface area contributed by atoms with Gasteiger partial charge in [-0.15, -0.1) is 11.3 Å². The first-order valence-corrected chi connectivity index (χ1v) is 8.91. The number of nitrogens with zero attached hydrogens (tertiary/aromatic N) is 2. The van der Waals surface area contributed by atoms with Gasteiger partial charge in [0, 0.05) is 16.8 Å². The third kappa shape index (κ3) is 2.63. The maximum Gasteiger partial charge on any atom is 0.272 e. The van der Waals surface area contributed by atoms with Crippen LogP contribution < -0.4 is 5.56 Å². The first kappa shape index (κ1) is 15.1. The number of thiophene rings is 1. The quantitative estimate of drug-likeness (QED) is 0.798. The van der Waals surface area contributed by atoms with Crippen LogP contribution in [0.1, 0.15) is 29.5 Å². The number of H-pyrrole nitrogens is 1. The van der Waals surface area contributed by atoms with Gasteiger partial charge in [0.25, 0.3) is 5.56 Å². The van der Waals surface area contributed by atoms with Gasteiger partial charge in [-0.1, -0.05) is 24.3 Å². The fourth-order valence-corrected chi connectivity index (χ4v) is 4.27. The van der Waals surface area contributed by atoms with Gasteiger partial charge >= 0.3 is 0 Å². The lowest BCUT2D eigenvalue weighted by molar-refractivity contribution is -0.131. The van der Waals surface area contributed by atoms with Gasteiger partial charge in [0.05, 0.1) is 23.5 Å². The molecule has 5 nitrogen and oxygen atoms in total. The number of amides is 1. The maximum absolute atomic E-state index is 12.8. The van der Waals surface area contributed by atoms with Crippen molar-refractivity contribution in [3.05, 3.63) is 62.7 Å². The third-order valence-electron chi connectivity index (χ3n) is 4.54. The van der Waals surface area contributed by atoms with Crippen LogP contribution in [-0.2, 0) is 11.2 Å². The molecule has 1 atom stereocenters. The first-order valence-electron chi connectivity index (χ1n) is 8.03. The van der Waals surface area contributed by atoms with Crippen LogP contribution >= 0.6 is 11.3 Å². The number of rotatable bonds is 3. The normalized spacial score (nSPS) is 17.5. The molecule has 0 bridgehead atoms. The Hall–Kier alpha value is -2.47. The van der Waals surface area contributed by atoms with Crippen molar-refractivity contribution in [2.75, 3.05) is 6.54 Å². The number of carbonyl (C=O) groups is 1. The molecule has 0 radical (unpaired) electrons. The van der Waals surface area contributed by atoms with Crippen molar-refractivity contribution in [1.29, 1.82) is 0 Å². The summed E-state index contributed by atoms with van der Waals surface area (Å²) < 4.78 is 0. The molecular weight excluding hydrogens is 322 g/mol. The van der Waals surface area contributed by atoms with Crippen LogP contribution in [0.25, 0.3) is 10.8 Å². The van der Waals surface area contributed by atoms with Crippen molar-refractivity contribution in [3.63, 3.8) is 0 Å². The smallest absolute Gasteiger partial charge is 0.272 e. The molecule has 4 rings (SSSR count). The second-order valence-corrected chi connectivity index (χ2v) is 6.96. The molecule has 1 fully saturated rings. The number of fused-ring (bicyclic) bond motifs is 1. The second-order valence-electron chi connectivity index (χ2n) is 5.98. The van der Waals surface area contributed by atoms with Crippen molar-refractivity contribution in [1.82, 2.24) is 15.1 Å². The van der Waals surface area contributed by atoms with E-state index < -0.39 is 0 Å². The number of hydrogen-bond acceptors (Lipinski definition) is 4. The molecule has 24 heavy (non-hydrogen) atoms. The van der Waals surface area contributed by atoms with Crippen LogP contribution in [0.2, 0.25) is 0 Å². The summed E-state index contributed by atoms with van der Waals surface area (Å²) in [4.78, 5) is 27.9. The van der Waals surface area contributed by atoms with Gasteiger partial charge in [-0.2, -0.15) is 5.10 Å². The van der Waals surface area contributed by atoms with E-state index in [9.17, 15) is 9.59 Å². The zero-order chi connectivity index (χ0) is 16.5. The summed E-state index contributed by atoms with van der Waals surface area (Å²) in [5.74, 6) is 0.0654. The van der Waals surface area contributed by atoms with Crippen LogP contribution in [0.3, 0.4) is 0 Å². The van der Waals surface area contributed by atoms with Crippen LogP contribution in [0.4, 0.5) is 0 Å². The van der Waals surface area contributed by atoms with Crippen molar-refractivity contribution in [2.45, 2.75) is 25.3 Å².